The van der Waals surface area contributed by atoms with Crippen LogP contribution in [-0.4, -0.2) is 25.3 Å². The van der Waals surface area contributed by atoms with Crippen LogP contribution < -0.4 is 5.32 Å². The highest BCUT2D eigenvalue weighted by Crippen LogP contribution is 2.51. The van der Waals surface area contributed by atoms with Gasteiger partial charge in [0.05, 0.1) is 6.10 Å². The van der Waals surface area contributed by atoms with Crippen molar-refractivity contribution in [3.63, 3.8) is 0 Å². The van der Waals surface area contributed by atoms with E-state index in [1.54, 1.807) is 0 Å². The summed E-state index contributed by atoms with van der Waals surface area (Å²) in [5.41, 5.74) is 0.300. The molecule has 1 aliphatic heterocycles. The van der Waals surface area contributed by atoms with Crippen molar-refractivity contribution in [1.82, 2.24) is 5.32 Å². The second-order valence-electron chi connectivity index (χ2n) is 5.09. The van der Waals surface area contributed by atoms with Gasteiger partial charge in [-0.25, -0.2) is 0 Å². The van der Waals surface area contributed by atoms with Crippen LogP contribution in [0.2, 0.25) is 0 Å². The quantitative estimate of drug-likeness (QED) is 0.695. The molecule has 2 heteroatoms. The first-order chi connectivity index (χ1) is 6.68. The van der Waals surface area contributed by atoms with Crippen LogP contribution in [0.15, 0.2) is 12.7 Å². The topological polar surface area (TPSA) is 21.3 Å². The van der Waals surface area contributed by atoms with Gasteiger partial charge in [0.1, 0.15) is 0 Å². The Morgan fingerprint density at radius 3 is 3.07 bits per heavy atom. The summed E-state index contributed by atoms with van der Waals surface area (Å²) in [5.74, 6) is 0.735. The molecule has 1 aliphatic carbocycles. The Labute approximate surface area is 86.7 Å². The summed E-state index contributed by atoms with van der Waals surface area (Å²) in [6, 6.07) is 0.616. The van der Waals surface area contributed by atoms with Gasteiger partial charge in [-0.05, 0) is 12.8 Å². The number of ether oxygens (including phenoxy) is 1. The second-order valence-corrected chi connectivity index (χ2v) is 5.09. The predicted molar refractivity (Wildman–Crippen MR) is 58.2 cm³/mol. The van der Waals surface area contributed by atoms with Crippen molar-refractivity contribution in [1.29, 1.82) is 0 Å². The summed E-state index contributed by atoms with van der Waals surface area (Å²) >= 11 is 0. The van der Waals surface area contributed by atoms with Crippen LogP contribution in [0.4, 0.5) is 0 Å². The third kappa shape index (κ3) is 1.41. The van der Waals surface area contributed by atoms with Gasteiger partial charge < -0.3 is 10.1 Å². The summed E-state index contributed by atoms with van der Waals surface area (Å²) in [6.45, 7) is 10.2. The molecule has 0 aromatic rings. The van der Waals surface area contributed by atoms with Gasteiger partial charge in [-0.2, -0.15) is 0 Å². The molecule has 1 saturated carbocycles. The Kier molecular flexibility index (Phi) is 2.67. The molecular formula is C12H21NO. The molecule has 2 fully saturated rings. The molecule has 3 atom stereocenters. The summed E-state index contributed by atoms with van der Waals surface area (Å²) in [7, 11) is 0. The molecule has 0 aromatic carbocycles. The van der Waals surface area contributed by atoms with E-state index < -0.39 is 0 Å². The van der Waals surface area contributed by atoms with E-state index in [-0.39, 0.29) is 0 Å². The lowest BCUT2D eigenvalue weighted by Crippen LogP contribution is -2.69. The van der Waals surface area contributed by atoms with Crippen LogP contribution in [0.5, 0.6) is 0 Å². The Morgan fingerprint density at radius 1 is 1.57 bits per heavy atom. The van der Waals surface area contributed by atoms with Crippen LogP contribution in [0, 0.1) is 11.3 Å². The van der Waals surface area contributed by atoms with Crippen LogP contribution >= 0.6 is 0 Å². The normalized spacial score (nSPS) is 39.7. The fourth-order valence-corrected chi connectivity index (χ4v) is 3.15. The molecule has 2 nitrogen and oxygen atoms in total. The van der Waals surface area contributed by atoms with Gasteiger partial charge in [-0.15, -0.1) is 6.58 Å². The molecule has 1 saturated heterocycles. The zero-order chi connectivity index (χ0) is 10.2. The minimum Gasteiger partial charge on any atom is -0.377 e. The van der Waals surface area contributed by atoms with Crippen molar-refractivity contribution in [3.05, 3.63) is 12.7 Å². The predicted octanol–water partition coefficient (Wildman–Crippen LogP) is 1.97. The summed E-state index contributed by atoms with van der Waals surface area (Å²) in [4.78, 5) is 0. The summed E-state index contributed by atoms with van der Waals surface area (Å²) < 4.78 is 5.84. The molecule has 2 rings (SSSR count). The van der Waals surface area contributed by atoms with Crippen LogP contribution in [-0.2, 0) is 4.74 Å². The molecule has 0 amide bonds. The van der Waals surface area contributed by atoms with Crippen LogP contribution in [0.25, 0.3) is 0 Å². The lowest BCUT2D eigenvalue weighted by Gasteiger charge is -2.60. The van der Waals surface area contributed by atoms with E-state index in [1.807, 2.05) is 6.08 Å². The van der Waals surface area contributed by atoms with Gasteiger partial charge in [-0.3, -0.25) is 0 Å². The van der Waals surface area contributed by atoms with Crippen LogP contribution in [0.1, 0.15) is 26.7 Å². The molecule has 0 spiro atoms. The van der Waals surface area contributed by atoms with Crippen molar-refractivity contribution in [3.8, 4) is 0 Å². The molecule has 1 heterocycles. The molecule has 3 unspecified atom stereocenters. The van der Waals surface area contributed by atoms with Gasteiger partial charge in [0.2, 0.25) is 0 Å². The summed E-state index contributed by atoms with van der Waals surface area (Å²) in [5, 5.41) is 3.56. The summed E-state index contributed by atoms with van der Waals surface area (Å²) in [6.07, 6.45) is 4.97. The van der Waals surface area contributed by atoms with Gasteiger partial charge in [0.15, 0.2) is 0 Å². The Morgan fingerprint density at radius 2 is 2.36 bits per heavy atom. The molecule has 2 aliphatic rings. The van der Waals surface area contributed by atoms with E-state index in [2.05, 4.69) is 25.7 Å². The maximum atomic E-state index is 5.84. The first kappa shape index (κ1) is 10.2. The lowest BCUT2D eigenvalue weighted by atomic mass is 9.55. The average Bonchev–Trinajstić information content (AvgIpc) is 2.18. The Balaban J connectivity index is 1.98. The van der Waals surface area contributed by atoms with Crippen molar-refractivity contribution < 1.29 is 4.74 Å². The standard InChI is InChI=1S/C12H21NO/c1-4-7-13-10-9-6-5-8-14-11(9)12(10,2)3/h4,9-11,13H,1,5-8H2,2-3H3. The SMILES string of the molecule is C=CCNC1C2CCCOC2C1(C)C. The van der Waals surface area contributed by atoms with E-state index >= 15 is 0 Å². The fraction of sp³-hybridized carbons (Fsp3) is 0.833. The first-order valence-corrected chi connectivity index (χ1v) is 5.64. The highest BCUT2D eigenvalue weighted by atomic mass is 16.5. The van der Waals surface area contributed by atoms with Crippen molar-refractivity contribution in [2.24, 2.45) is 11.3 Å². The number of fused-ring (bicyclic) bond motifs is 1. The van der Waals surface area contributed by atoms with Crippen LogP contribution in [0.3, 0.4) is 0 Å². The fourth-order valence-electron chi connectivity index (χ4n) is 3.15. The lowest BCUT2D eigenvalue weighted by molar-refractivity contribution is -0.191. The highest BCUT2D eigenvalue weighted by Gasteiger charge is 2.57. The minimum atomic E-state index is 0.300. The minimum absolute atomic E-state index is 0.300. The number of rotatable bonds is 3. The number of hydrogen-bond donors (Lipinski definition) is 1. The smallest absolute Gasteiger partial charge is 0.0684 e. The van der Waals surface area contributed by atoms with E-state index in [9.17, 15) is 0 Å². The Bertz CT molecular complexity index is 224. The van der Waals surface area contributed by atoms with Gasteiger partial charge in [0.25, 0.3) is 0 Å². The Hall–Kier alpha value is -0.340. The van der Waals surface area contributed by atoms with Crippen molar-refractivity contribution in [2.45, 2.75) is 38.8 Å². The largest absolute Gasteiger partial charge is 0.377 e. The molecular weight excluding hydrogens is 174 g/mol. The molecule has 0 aromatic heterocycles. The van der Waals surface area contributed by atoms with Crippen molar-refractivity contribution >= 4 is 0 Å². The average molecular weight is 195 g/mol. The van der Waals surface area contributed by atoms with Gasteiger partial charge >= 0.3 is 0 Å². The maximum Gasteiger partial charge on any atom is 0.0684 e. The zero-order valence-corrected chi connectivity index (χ0v) is 9.25. The first-order valence-electron chi connectivity index (χ1n) is 5.64. The second kappa shape index (κ2) is 3.67. The third-order valence-corrected chi connectivity index (χ3v) is 3.81. The molecule has 14 heavy (non-hydrogen) atoms. The van der Waals surface area contributed by atoms with E-state index in [1.165, 1.54) is 12.8 Å². The molecule has 80 valence electrons. The maximum absolute atomic E-state index is 5.84. The third-order valence-electron chi connectivity index (χ3n) is 3.81. The highest BCUT2D eigenvalue weighted by molar-refractivity contribution is 5.10. The molecule has 1 N–H and O–H groups in total. The number of nitrogens with one attached hydrogen (secondary N) is 1. The monoisotopic (exact) mass is 195 g/mol. The molecule has 0 bridgehead atoms. The molecule has 0 radical (unpaired) electrons. The van der Waals surface area contributed by atoms with Crippen molar-refractivity contribution in [2.75, 3.05) is 13.2 Å². The van der Waals surface area contributed by atoms with E-state index in [0.29, 0.717) is 17.6 Å². The van der Waals surface area contributed by atoms with E-state index in [0.717, 1.165) is 19.1 Å². The van der Waals surface area contributed by atoms with E-state index in [4.69, 9.17) is 4.74 Å². The zero-order valence-electron chi connectivity index (χ0n) is 9.25. The van der Waals surface area contributed by atoms with Gasteiger partial charge in [-0.1, -0.05) is 19.9 Å². The van der Waals surface area contributed by atoms with Gasteiger partial charge in [0, 0.05) is 30.5 Å². The number of hydrogen-bond acceptors (Lipinski definition) is 2.